The summed E-state index contributed by atoms with van der Waals surface area (Å²) in [6, 6.07) is 19.4. The number of benzene rings is 3. The zero-order chi connectivity index (χ0) is 25.6. The van der Waals surface area contributed by atoms with Crippen LogP contribution in [0, 0.1) is 17.2 Å². The summed E-state index contributed by atoms with van der Waals surface area (Å²) in [7, 11) is 1.66. The van der Waals surface area contributed by atoms with Crippen LogP contribution in [-0.4, -0.2) is 31.6 Å². The highest BCUT2D eigenvalue weighted by Crippen LogP contribution is 2.53. The molecule has 0 unspecified atom stereocenters. The van der Waals surface area contributed by atoms with Crippen LogP contribution in [0.4, 0.5) is 10.1 Å². The number of carbonyl (C=O) groups excluding carboxylic acids is 1. The van der Waals surface area contributed by atoms with Gasteiger partial charge >= 0.3 is 0 Å². The van der Waals surface area contributed by atoms with Gasteiger partial charge in [0.15, 0.2) is 0 Å². The van der Waals surface area contributed by atoms with E-state index in [4.69, 9.17) is 4.74 Å². The van der Waals surface area contributed by atoms with E-state index in [1.807, 2.05) is 36.4 Å². The second-order valence-electron chi connectivity index (χ2n) is 11.3. The van der Waals surface area contributed by atoms with Crippen molar-refractivity contribution in [1.82, 2.24) is 0 Å². The van der Waals surface area contributed by atoms with Crippen LogP contribution < -0.4 is 9.64 Å². The number of phenols is 1. The highest BCUT2D eigenvalue weighted by atomic mass is 19.1. The van der Waals surface area contributed by atoms with Gasteiger partial charge in [-0.2, -0.15) is 0 Å². The molecule has 0 amide bonds. The average molecular weight is 500 g/mol. The highest BCUT2D eigenvalue weighted by Gasteiger charge is 2.46. The predicted octanol–water partition coefficient (Wildman–Crippen LogP) is 6.60. The lowest BCUT2D eigenvalue weighted by Gasteiger charge is -2.51. The number of phenolic OH excluding ortho intramolecular Hbond substituents is 1. The molecule has 192 valence electrons. The first-order chi connectivity index (χ1) is 18.0. The fraction of sp³-hybridized carbons (Fsp3) is 0.406. The van der Waals surface area contributed by atoms with E-state index in [1.165, 1.54) is 5.56 Å². The van der Waals surface area contributed by atoms with Crippen molar-refractivity contribution in [2.75, 3.05) is 25.1 Å². The number of anilines is 1. The highest BCUT2D eigenvalue weighted by molar-refractivity contribution is 5.63. The Morgan fingerprint density at radius 1 is 1.03 bits per heavy atom. The van der Waals surface area contributed by atoms with Crippen molar-refractivity contribution in [2.24, 2.45) is 11.3 Å². The second kappa shape index (κ2) is 9.51. The lowest BCUT2D eigenvalue weighted by molar-refractivity contribution is -0.118. The van der Waals surface area contributed by atoms with Gasteiger partial charge in [0.25, 0.3) is 0 Å². The first kappa shape index (κ1) is 24.0. The molecule has 2 aliphatic carbocycles. The van der Waals surface area contributed by atoms with E-state index in [0.717, 1.165) is 74.7 Å². The van der Waals surface area contributed by atoms with Crippen LogP contribution in [0.15, 0.2) is 60.7 Å². The van der Waals surface area contributed by atoms with Crippen LogP contribution in [0.25, 0.3) is 0 Å². The molecule has 3 aliphatic rings. The molecule has 1 spiro atoms. The Balaban J connectivity index is 1.36. The Hall–Kier alpha value is -3.34. The Morgan fingerprint density at radius 3 is 2.49 bits per heavy atom. The van der Waals surface area contributed by atoms with Crippen LogP contribution in [0.3, 0.4) is 0 Å². The molecule has 6 rings (SSSR count). The Kier molecular flexibility index (Phi) is 6.18. The number of aryl methyl sites for hydroxylation is 1. The van der Waals surface area contributed by atoms with E-state index in [1.54, 1.807) is 19.2 Å². The van der Waals surface area contributed by atoms with Gasteiger partial charge in [0.2, 0.25) is 0 Å². The van der Waals surface area contributed by atoms with Gasteiger partial charge in [-0.3, -0.25) is 0 Å². The summed E-state index contributed by atoms with van der Waals surface area (Å²) >= 11 is 0. The molecule has 1 saturated carbocycles. The number of aromatic hydroxyl groups is 1. The second-order valence-corrected chi connectivity index (χ2v) is 11.3. The maximum atomic E-state index is 16.1. The SMILES string of the molecule is COc1cc([C@H]2c3ccc(O)cc3CC[C@H]2c2ccccc2)c(F)cc1N1CCC2(CC1)CC(C=O)C2. The normalized spacial score (nSPS) is 22.8. The number of hydrogen-bond acceptors (Lipinski definition) is 4. The first-order valence-electron chi connectivity index (χ1n) is 13.4. The molecule has 3 aromatic carbocycles. The molecular weight excluding hydrogens is 465 g/mol. The summed E-state index contributed by atoms with van der Waals surface area (Å²) < 4.78 is 22.0. The smallest absolute Gasteiger partial charge is 0.142 e. The van der Waals surface area contributed by atoms with Gasteiger partial charge in [-0.15, -0.1) is 0 Å². The van der Waals surface area contributed by atoms with Gasteiger partial charge in [-0.25, -0.2) is 4.39 Å². The quantitative estimate of drug-likeness (QED) is 0.402. The number of carbonyl (C=O) groups is 1. The third kappa shape index (κ3) is 4.28. The molecule has 5 heteroatoms. The number of aldehydes is 1. The maximum absolute atomic E-state index is 16.1. The minimum atomic E-state index is -0.215. The molecule has 1 heterocycles. The number of halogens is 1. The van der Waals surface area contributed by atoms with Crippen LogP contribution >= 0.6 is 0 Å². The van der Waals surface area contributed by atoms with Crippen molar-refractivity contribution < 1.29 is 19.0 Å². The molecule has 2 atom stereocenters. The van der Waals surface area contributed by atoms with Crippen molar-refractivity contribution in [2.45, 2.75) is 50.4 Å². The molecule has 0 aromatic heterocycles. The molecule has 37 heavy (non-hydrogen) atoms. The van der Waals surface area contributed by atoms with Crippen molar-refractivity contribution >= 4 is 12.0 Å². The fourth-order valence-electron chi connectivity index (χ4n) is 7.24. The van der Waals surface area contributed by atoms with Gasteiger partial charge in [0.05, 0.1) is 12.8 Å². The van der Waals surface area contributed by atoms with E-state index in [9.17, 15) is 9.90 Å². The lowest BCUT2D eigenvalue weighted by atomic mass is 9.58. The standard InChI is InChI=1S/C32H34FNO3/c1-37-30-16-27(28(33)17-29(30)34-13-11-32(12-14-34)18-21(19-32)20-35)31-25(22-5-3-2-4-6-22)9-7-23-15-24(36)8-10-26(23)31/h2-6,8,10,15-17,20-21,25,31,36H,7,9,11-14,18-19H2,1H3/t25-,31+/m0/s1. The van der Waals surface area contributed by atoms with E-state index < -0.39 is 0 Å². The predicted molar refractivity (Wildman–Crippen MR) is 143 cm³/mol. The van der Waals surface area contributed by atoms with E-state index in [0.29, 0.717) is 11.3 Å². The molecule has 4 nitrogen and oxygen atoms in total. The summed E-state index contributed by atoms with van der Waals surface area (Å²) in [4.78, 5) is 13.4. The molecule has 2 fully saturated rings. The number of piperidine rings is 1. The third-order valence-electron chi connectivity index (χ3n) is 9.20. The van der Waals surface area contributed by atoms with Crippen molar-refractivity contribution in [3.8, 4) is 11.5 Å². The Labute approximate surface area is 218 Å². The molecule has 1 N–H and O–H groups in total. The minimum Gasteiger partial charge on any atom is -0.508 e. The van der Waals surface area contributed by atoms with Crippen molar-refractivity contribution in [3.63, 3.8) is 0 Å². The maximum Gasteiger partial charge on any atom is 0.142 e. The van der Waals surface area contributed by atoms with Gasteiger partial charge in [0, 0.05) is 31.0 Å². The number of rotatable bonds is 5. The Bertz CT molecular complexity index is 1290. The van der Waals surface area contributed by atoms with Crippen molar-refractivity contribution in [1.29, 1.82) is 0 Å². The molecular formula is C32H34FNO3. The zero-order valence-electron chi connectivity index (χ0n) is 21.3. The molecule has 1 aliphatic heterocycles. The summed E-state index contributed by atoms with van der Waals surface area (Å²) in [5, 5.41) is 10.1. The van der Waals surface area contributed by atoms with Crippen LogP contribution in [0.5, 0.6) is 11.5 Å². The van der Waals surface area contributed by atoms with Crippen LogP contribution in [0.1, 0.15) is 66.2 Å². The number of methoxy groups -OCH3 is 1. The number of nitrogens with zero attached hydrogens (tertiary/aromatic N) is 1. The monoisotopic (exact) mass is 499 g/mol. The van der Waals surface area contributed by atoms with Crippen molar-refractivity contribution in [3.05, 3.63) is 88.7 Å². The van der Waals surface area contributed by atoms with E-state index in [-0.39, 0.29) is 34.7 Å². The number of ether oxygens (including phenoxy) is 1. The van der Waals surface area contributed by atoms with E-state index in [2.05, 4.69) is 17.0 Å². The largest absolute Gasteiger partial charge is 0.508 e. The minimum absolute atomic E-state index is 0.127. The van der Waals surface area contributed by atoms with E-state index >= 15 is 4.39 Å². The Morgan fingerprint density at radius 2 is 1.78 bits per heavy atom. The van der Waals surface area contributed by atoms with Crippen LogP contribution in [0.2, 0.25) is 0 Å². The molecule has 0 bridgehead atoms. The van der Waals surface area contributed by atoms with Gasteiger partial charge < -0.3 is 19.5 Å². The zero-order valence-corrected chi connectivity index (χ0v) is 21.3. The lowest BCUT2D eigenvalue weighted by Crippen LogP contribution is -2.47. The number of hydrogen-bond donors (Lipinski definition) is 1. The van der Waals surface area contributed by atoms with Gasteiger partial charge in [-0.1, -0.05) is 36.4 Å². The summed E-state index contributed by atoms with van der Waals surface area (Å²) in [6.45, 7) is 1.69. The molecule has 1 saturated heterocycles. The topological polar surface area (TPSA) is 49.8 Å². The molecule has 3 aromatic rings. The fourth-order valence-corrected chi connectivity index (χ4v) is 7.24. The van der Waals surface area contributed by atoms with Gasteiger partial charge in [-0.05, 0) is 90.3 Å². The average Bonchev–Trinajstić information content (AvgIpc) is 2.91. The summed E-state index contributed by atoms with van der Waals surface area (Å²) in [6.07, 6.45) is 6.86. The first-order valence-corrected chi connectivity index (χ1v) is 13.4. The van der Waals surface area contributed by atoms with Gasteiger partial charge in [0.1, 0.15) is 23.6 Å². The summed E-state index contributed by atoms with van der Waals surface area (Å²) in [5.74, 6) is 0.905. The third-order valence-corrected chi connectivity index (χ3v) is 9.20. The van der Waals surface area contributed by atoms with Crippen LogP contribution in [-0.2, 0) is 11.2 Å². The molecule has 0 radical (unpaired) electrons. The summed E-state index contributed by atoms with van der Waals surface area (Å²) in [5.41, 5.74) is 5.08. The number of fused-ring (bicyclic) bond motifs is 1.